The highest BCUT2D eigenvalue weighted by Crippen LogP contribution is 2.41. The molecule has 0 saturated carbocycles. The van der Waals surface area contributed by atoms with Crippen LogP contribution in [0.25, 0.3) is 0 Å². The Morgan fingerprint density at radius 2 is 0.521 bits per heavy atom. The maximum atomic E-state index is 14.0. The summed E-state index contributed by atoms with van der Waals surface area (Å²) < 4.78 is 340. The van der Waals surface area contributed by atoms with Crippen LogP contribution < -0.4 is 23.7 Å². The predicted octanol–water partition coefficient (Wildman–Crippen LogP) is 16.9. The minimum Gasteiger partial charge on any atom is -0.434 e. The highest BCUT2D eigenvalue weighted by atomic mass is 19.2. The van der Waals surface area contributed by atoms with Crippen molar-refractivity contribution in [1.29, 1.82) is 0 Å². The lowest BCUT2D eigenvalue weighted by Gasteiger charge is -2.33. The molecule has 119 heavy (non-hydrogen) atoms. The number of ether oxygens (including phenoxy) is 15. The van der Waals surface area contributed by atoms with Crippen LogP contribution in [0, 0.1) is 178 Å². The second-order valence-electron chi connectivity index (χ2n) is 27.1. The Morgan fingerprint density at radius 1 is 0.286 bits per heavy atom. The molecule has 0 N–H and O–H groups in total. The van der Waals surface area contributed by atoms with Gasteiger partial charge in [-0.05, 0) is 67.2 Å². The molecule has 0 aromatic heterocycles. The molecule has 5 aromatic carbocycles. The van der Waals surface area contributed by atoms with Gasteiger partial charge in [-0.25, -0.2) is 89.8 Å². The van der Waals surface area contributed by atoms with Crippen molar-refractivity contribution in [3.05, 3.63) is 144 Å². The first-order valence-corrected chi connectivity index (χ1v) is 34.2. The van der Waals surface area contributed by atoms with E-state index >= 15 is 0 Å². The molecule has 0 spiro atoms. The van der Waals surface area contributed by atoms with Crippen LogP contribution in [0.3, 0.4) is 0 Å². The Bertz CT molecular complexity index is 4570. The lowest BCUT2D eigenvalue weighted by Crippen LogP contribution is -2.47. The van der Waals surface area contributed by atoms with E-state index in [0.717, 1.165) is 34.6 Å². The third-order valence-corrected chi connectivity index (χ3v) is 18.2. The number of benzene rings is 5. The zero-order valence-corrected chi connectivity index (χ0v) is 63.0. The molecule has 25 nitrogen and oxygen atoms in total. The second-order valence-corrected chi connectivity index (χ2v) is 27.1. The van der Waals surface area contributed by atoms with Crippen LogP contribution in [0.15, 0.2) is 0 Å². The Hall–Kier alpha value is -11.6. The van der Waals surface area contributed by atoms with Crippen molar-refractivity contribution in [2.75, 3.05) is 66.1 Å². The van der Waals surface area contributed by atoms with Crippen molar-refractivity contribution in [1.82, 2.24) is 0 Å². The van der Waals surface area contributed by atoms with Crippen molar-refractivity contribution in [2.24, 2.45) is 27.1 Å². The van der Waals surface area contributed by atoms with Gasteiger partial charge in [-0.15, -0.1) is 0 Å². The fourth-order valence-electron chi connectivity index (χ4n) is 10.4. The Kier molecular flexibility index (Phi) is 33.1. The Morgan fingerprint density at radius 3 is 0.790 bits per heavy atom. The van der Waals surface area contributed by atoms with E-state index in [1.807, 2.05) is 6.92 Å². The van der Waals surface area contributed by atoms with Crippen LogP contribution in [0.1, 0.15) is 121 Å². The number of carbonyl (C=O) groups is 10. The standard InChI is InChI=1S/C16H16F4O5.2C15H14F4O5.C14H12F4O5.C13H10F4O5.CH4/c1-3-4-5-16(6-23-15(22)24-7-16)14(21)25-13-10(18)8(2)9(17)11(19)12(13)20;1-7-9(16)11(18)12(19)13(10(7)17)24-8(20)3-4-15(2)5-22-14(21)23-6-15;1-3-4-15(5-22-14(21)23-6-15)13(20)24-12-9(17)7(2)8(16)10(18)11(12)19;1-3-14(4-21-13(20)22-5-14)12(19)23-11-8(16)6(2)7(15)9(17)10(11)18;1-5-6(14)8(16)9(17)10(7(5)15)22-11(18)13(2)3-20-12(19)21-4-13;/h3-7H2,1-2H3;2*3-6H2,1-2H3;3-5H2,1-2H3;3-4H2,1-2H3;1H4. The molecule has 0 bridgehead atoms. The molecule has 5 aliphatic heterocycles. The van der Waals surface area contributed by atoms with Gasteiger partial charge >= 0.3 is 60.6 Å². The Labute approximate surface area is 659 Å². The normalized spacial score (nSPS) is 16.3. The average Bonchev–Trinajstić information content (AvgIpc) is 0.786. The van der Waals surface area contributed by atoms with E-state index in [-0.39, 0.29) is 52.7 Å². The van der Waals surface area contributed by atoms with E-state index in [9.17, 15) is 136 Å². The molecular weight excluding hydrogens is 1670 g/mol. The fraction of sp³-hybridized carbons (Fsp3) is 0.459. The van der Waals surface area contributed by atoms with E-state index in [1.54, 1.807) is 13.8 Å². The van der Waals surface area contributed by atoms with Crippen LogP contribution in [0.5, 0.6) is 28.7 Å². The van der Waals surface area contributed by atoms with Crippen LogP contribution in [0.4, 0.5) is 112 Å². The van der Waals surface area contributed by atoms with Crippen molar-refractivity contribution in [3.63, 3.8) is 0 Å². The monoisotopic (exact) mass is 1740 g/mol. The number of hydrogen-bond acceptors (Lipinski definition) is 25. The van der Waals surface area contributed by atoms with Crippen molar-refractivity contribution in [2.45, 2.75) is 128 Å². The molecule has 0 radical (unpaired) electrons. The van der Waals surface area contributed by atoms with Gasteiger partial charge in [-0.2, -0.15) is 22.0 Å². The van der Waals surface area contributed by atoms with Gasteiger partial charge in [0.05, 0.1) is 0 Å². The summed E-state index contributed by atoms with van der Waals surface area (Å²) in [6, 6.07) is 0. The molecule has 5 saturated heterocycles. The van der Waals surface area contributed by atoms with Gasteiger partial charge in [0, 0.05) is 39.7 Å². The minimum absolute atomic E-state index is 0. The van der Waals surface area contributed by atoms with E-state index in [1.165, 1.54) is 13.8 Å². The molecule has 10 rings (SSSR count). The fourth-order valence-corrected chi connectivity index (χ4v) is 10.4. The summed E-state index contributed by atoms with van der Waals surface area (Å²) in [5.41, 5.74) is -10.8. The summed E-state index contributed by atoms with van der Waals surface area (Å²) in [5, 5.41) is 0. The molecule has 0 aliphatic carbocycles. The number of cyclic esters (lactones) is 10. The Balaban J connectivity index is 0.000000264. The smallest absolute Gasteiger partial charge is 0.434 e. The summed E-state index contributed by atoms with van der Waals surface area (Å²) in [6.07, 6.45) is -3.00. The highest BCUT2D eigenvalue weighted by Gasteiger charge is 2.51. The molecular formula is C74H70F20O25. The summed E-state index contributed by atoms with van der Waals surface area (Å²) in [7, 11) is 0. The highest BCUT2D eigenvalue weighted by molar-refractivity contribution is 5.84. The summed E-state index contributed by atoms with van der Waals surface area (Å²) >= 11 is 0. The van der Waals surface area contributed by atoms with E-state index < -0.39 is 313 Å². The maximum Gasteiger partial charge on any atom is 0.508 e. The molecule has 0 amide bonds. The van der Waals surface area contributed by atoms with E-state index in [2.05, 4.69) is 47.4 Å². The third kappa shape index (κ3) is 21.8. The number of carbonyl (C=O) groups excluding carboxylic acids is 10. The summed E-state index contributed by atoms with van der Waals surface area (Å²) in [4.78, 5) is 115. The van der Waals surface area contributed by atoms with Gasteiger partial charge < -0.3 is 71.1 Å². The number of esters is 5. The number of halogens is 20. The summed E-state index contributed by atoms with van der Waals surface area (Å²) in [6.45, 7) is 9.02. The molecule has 45 heteroatoms. The minimum atomic E-state index is -1.97. The SMILES string of the molecule is C.CCC1(C(=O)Oc2c(F)c(C)c(F)c(F)c2F)COC(=O)OC1.CCCC1(C(=O)Oc2c(F)c(C)c(F)c(F)c2F)COC(=O)OC1.CCCCC1(C(=O)Oc2c(F)c(C)c(F)c(F)c2F)COC(=O)OC1.Cc1c(F)c(F)c(F)c(OC(=O)C2(C)COC(=O)OC2)c1F.Cc1c(F)c(F)c(F)c(OC(=O)CCC2(C)COC(=O)OC2)c1F. The molecule has 5 heterocycles. The quantitative estimate of drug-likeness (QED) is 0.0196. The molecule has 5 fully saturated rings. The van der Waals surface area contributed by atoms with Gasteiger partial charge in [0.15, 0.2) is 87.3 Å². The molecule has 656 valence electrons. The number of hydrogen-bond donors (Lipinski definition) is 0. The van der Waals surface area contributed by atoms with Crippen molar-refractivity contribution >= 4 is 60.6 Å². The average molecular weight is 1740 g/mol. The molecule has 0 unspecified atom stereocenters. The number of unbranched alkanes of at least 4 members (excludes halogenated alkanes) is 1. The van der Waals surface area contributed by atoms with Gasteiger partial charge in [-0.3, -0.25) is 24.0 Å². The molecule has 5 aliphatic rings. The van der Waals surface area contributed by atoms with Crippen LogP contribution in [-0.4, -0.2) is 127 Å². The van der Waals surface area contributed by atoms with E-state index in [0.29, 0.717) is 19.3 Å². The topological polar surface area (TPSA) is 309 Å². The van der Waals surface area contributed by atoms with Gasteiger partial charge in [0.2, 0.25) is 57.8 Å². The van der Waals surface area contributed by atoms with E-state index in [4.69, 9.17) is 23.7 Å². The zero-order valence-electron chi connectivity index (χ0n) is 63.0. The first kappa shape index (κ1) is 98.0. The third-order valence-electron chi connectivity index (χ3n) is 18.2. The predicted molar refractivity (Wildman–Crippen MR) is 354 cm³/mol. The molecule has 5 aromatic rings. The van der Waals surface area contributed by atoms with Crippen LogP contribution in [-0.2, 0) is 71.3 Å². The van der Waals surface area contributed by atoms with Gasteiger partial charge in [0.1, 0.15) is 87.7 Å². The van der Waals surface area contributed by atoms with Crippen LogP contribution >= 0.6 is 0 Å². The van der Waals surface area contributed by atoms with Crippen molar-refractivity contribution < 1.29 is 207 Å². The number of rotatable bonds is 18. The molecule has 0 atom stereocenters. The van der Waals surface area contributed by atoms with Crippen molar-refractivity contribution in [3.8, 4) is 28.7 Å². The second kappa shape index (κ2) is 40.2. The first-order chi connectivity index (χ1) is 55.0. The first-order valence-electron chi connectivity index (χ1n) is 34.2. The summed E-state index contributed by atoms with van der Waals surface area (Å²) in [5.74, 6) is -48.0. The lowest BCUT2D eigenvalue weighted by atomic mass is 9.84. The maximum absolute atomic E-state index is 14.0. The van der Waals surface area contributed by atoms with Crippen LogP contribution in [0.2, 0.25) is 0 Å². The zero-order chi connectivity index (χ0) is 88.9. The van der Waals surface area contributed by atoms with Gasteiger partial charge in [-0.1, -0.05) is 54.4 Å². The largest absolute Gasteiger partial charge is 0.508 e. The van der Waals surface area contributed by atoms with Gasteiger partial charge in [0.25, 0.3) is 0 Å². The lowest BCUT2D eigenvalue weighted by molar-refractivity contribution is -0.160.